The minimum atomic E-state index is 0.846. The molecular weight excluding hydrogens is 224 g/mol. The van der Waals surface area contributed by atoms with Gasteiger partial charge in [-0.25, -0.2) is 0 Å². The van der Waals surface area contributed by atoms with Gasteiger partial charge < -0.3 is 9.47 Å². The molecule has 0 aliphatic heterocycles. The third-order valence-corrected chi connectivity index (χ3v) is 4.03. The average molecular weight is 248 g/mol. The monoisotopic (exact) mass is 248 g/mol. The van der Waals surface area contributed by atoms with Crippen LogP contribution in [0.1, 0.15) is 44.1 Å². The van der Waals surface area contributed by atoms with Gasteiger partial charge >= 0.3 is 0 Å². The van der Waals surface area contributed by atoms with Crippen LogP contribution in [-0.2, 0) is 6.42 Å². The van der Waals surface area contributed by atoms with Crippen LogP contribution in [0, 0.1) is 5.92 Å². The number of hydrogen-bond donors (Lipinski definition) is 0. The lowest BCUT2D eigenvalue weighted by Crippen LogP contribution is -2.07. The van der Waals surface area contributed by atoms with E-state index in [1.54, 1.807) is 14.2 Å². The van der Waals surface area contributed by atoms with Gasteiger partial charge in [-0.05, 0) is 30.4 Å². The maximum atomic E-state index is 5.48. The molecule has 0 saturated heterocycles. The van der Waals surface area contributed by atoms with Crippen molar-refractivity contribution in [3.63, 3.8) is 0 Å². The Hall–Kier alpha value is -1.18. The Balaban J connectivity index is 1.99. The van der Waals surface area contributed by atoms with Gasteiger partial charge in [0, 0.05) is 0 Å². The van der Waals surface area contributed by atoms with E-state index in [0.29, 0.717) is 0 Å². The molecule has 0 N–H and O–H groups in total. The number of rotatable bonds is 5. The van der Waals surface area contributed by atoms with Crippen molar-refractivity contribution < 1.29 is 9.47 Å². The molecule has 1 fully saturated rings. The van der Waals surface area contributed by atoms with Gasteiger partial charge in [-0.15, -0.1) is 0 Å². The minimum absolute atomic E-state index is 0.846. The maximum absolute atomic E-state index is 5.48. The molecule has 0 heterocycles. The molecule has 0 aromatic heterocycles. The summed E-state index contributed by atoms with van der Waals surface area (Å²) in [6.45, 7) is 0. The predicted molar refractivity (Wildman–Crippen MR) is 74.4 cm³/mol. The van der Waals surface area contributed by atoms with Crippen LogP contribution < -0.4 is 9.47 Å². The number of aryl methyl sites for hydroxylation is 1. The molecule has 0 bridgehead atoms. The number of benzene rings is 1. The van der Waals surface area contributed by atoms with Gasteiger partial charge in [0.1, 0.15) is 0 Å². The lowest BCUT2D eigenvalue weighted by atomic mass is 9.85. The topological polar surface area (TPSA) is 18.5 Å². The molecule has 2 heteroatoms. The smallest absolute Gasteiger partial charge is 0.163 e. The molecule has 0 unspecified atom stereocenters. The van der Waals surface area contributed by atoms with E-state index in [4.69, 9.17) is 9.47 Å². The zero-order valence-corrected chi connectivity index (χ0v) is 11.6. The minimum Gasteiger partial charge on any atom is -0.493 e. The van der Waals surface area contributed by atoms with Crippen LogP contribution in [0.5, 0.6) is 11.5 Å². The molecule has 0 amide bonds. The lowest BCUT2D eigenvalue weighted by molar-refractivity contribution is 0.331. The highest BCUT2D eigenvalue weighted by atomic mass is 16.5. The predicted octanol–water partition coefficient (Wildman–Crippen LogP) is 4.22. The van der Waals surface area contributed by atoms with Crippen molar-refractivity contribution in [3.8, 4) is 11.5 Å². The highest BCUT2D eigenvalue weighted by molar-refractivity contribution is 5.46. The number of hydrogen-bond acceptors (Lipinski definition) is 2. The molecule has 0 radical (unpaired) electrons. The van der Waals surface area contributed by atoms with E-state index in [1.165, 1.54) is 44.1 Å². The summed E-state index contributed by atoms with van der Waals surface area (Å²) in [5.41, 5.74) is 1.28. The molecule has 18 heavy (non-hydrogen) atoms. The Morgan fingerprint density at radius 3 is 2.50 bits per heavy atom. The fourth-order valence-corrected chi connectivity index (χ4v) is 2.99. The largest absolute Gasteiger partial charge is 0.493 e. The summed E-state index contributed by atoms with van der Waals surface area (Å²) in [5.74, 6) is 2.67. The second-order valence-electron chi connectivity index (χ2n) is 5.20. The van der Waals surface area contributed by atoms with E-state index in [2.05, 4.69) is 12.1 Å². The third-order valence-electron chi connectivity index (χ3n) is 4.03. The van der Waals surface area contributed by atoms with Gasteiger partial charge in [-0.2, -0.15) is 0 Å². The first-order valence-electron chi connectivity index (χ1n) is 7.05. The Kier molecular flexibility index (Phi) is 4.91. The van der Waals surface area contributed by atoms with E-state index in [0.717, 1.165) is 23.8 Å². The maximum Gasteiger partial charge on any atom is 0.163 e. The van der Waals surface area contributed by atoms with Crippen LogP contribution in [-0.4, -0.2) is 14.2 Å². The highest BCUT2D eigenvalue weighted by Crippen LogP contribution is 2.34. The zero-order valence-electron chi connectivity index (χ0n) is 11.6. The average Bonchev–Trinajstić information content (AvgIpc) is 2.45. The molecule has 2 rings (SSSR count). The standard InChI is InChI=1S/C16H24O2/c1-17-15-10-6-9-14(16(15)18-2)12-11-13-7-4-3-5-8-13/h6,9-10,13H,3-5,7-8,11-12H2,1-2H3. The quantitative estimate of drug-likeness (QED) is 0.777. The van der Waals surface area contributed by atoms with Crippen LogP contribution in [0.25, 0.3) is 0 Å². The Morgan fingerprint density at radius 1 is 1.06 bits per heavy atom. The second kappa shape index (κ2) is 6.67. The SMILES string of the molecule is COc1cccc(CCC2CCCCC2)c1OC. The van der Waals surface area contributed by atoms with Crippen LogP contribution >= 0.6 is 0 Å². The Labute approximate surface area is 110 Å². The second-order valence-corrected chi connectivity index (χ2v) is 5.20. The fourth-order valence-electron chi connectivity index (χ4n) is 2.99. The first kappa shape index (κ1) is 13.3. The highest BCUT2D eigenvalue weighted by Gasteiger charge is 2.15. The number of methoxy groups -OCH3 is 2. The van der Waals surface area contributed by atoms with E-state index in [1.807, 2.05) is 6.07 Å². The van der Waals surface area contributed by atoms with E-state index in [-0.39, 0.29) is 0 Å². The van der Waals surface area contributed by atoms with Gasteiger partial charge in [0.05, 0.1) is 14.2 Å². The van der Waals surface area contributed by atoms with Gasteiger partial charge in [0.15, 0.2) is 11.5 Å². The van der Waals surface area contributed by atoms with Crippen molar-refractivity contribution in [1.82, 2.24) is 0 Å². The number of ether oxygens (including phenoxy) is 2. The van der Waals surface area contributed by atoms with E-state index in [9.17, 15) is 0 Å². The van der Waals surface area contributed by atoms with Crippen molar-refractivity contribution in [1.29, 1.82) is 0 Å². The van der Waals surface area contributed by atoms with Gasteiger partial charge in [-0.1, -0.05) is 44.2 Å². The third kappa shape index (κ3) is 3.18. The van der Waals surface area contributed by atoms with Crippen molar-refractivity contribution in [2.24, 2.45) is 5.92 Å². The molecule has 1 aliphatic rings. The summed E-state index contributed by atoms with van der Waals surface area (Å²) in [7, 11) is 3.42. The summed E-state index contributed by atoms with van der Waals surface area (Å²) in [6.07, 6.45) is 9.46. The first-order chi connectivity index (χ1) is 8.85. The van der Waals surface area contributed by atoms with Crippen LogP contribution in [0.15, 0.2) is 18.2 Å². The molecule has 1 aliphatic carbocycles. The van der Waals surface area contributed by atoms with Crippen molar-refractivity contribution in [2.45, 2.75) is 44.9 Å². The summed E-state index contributed by atoms with van der Waals surface area (Å²) >= 11 is 0. The molecule has 1 aromatic carbocycles. The van der Waals surface area contributed by atoms with Gasteiger partial charge in [0.2, 0.25) is 0 Å². The summed E-state index contributed by atoms with van der Waals surface area (Å²) in [4.78, 5) is 0. The van der Waals surface area contributed by atoms with Crippen LogP contribution in [0.4, 0.5) is 0 Å². The number of para-hydroxylation sites is 1. The van der Waals surface area contributed by atoms with E-state index < -0.39 is 0 Å². The zero-order chi connectivity index (χ0) is 12.8. The normalized spacial score (nSPS) is 16.6. The summed E-state index contributed by atoms with van der Waals surface area (Å²) in [5, 5.41) is 0. The first-order valence-corrected chi connectivity index (χ1v) is 7.05. The van der Waals surface area contributed by atoms with Crippen molar-refractivity contribution >= 4 is 0 Å². The molecule has 1 saturated carbocycles. The van der Waals surface area contributed by atoms with Gasteiger partial charge in [-0.3, -0.25) is 0 Å². The summed E-state index contributed by atoms with van der Waals surface area (Å²) in [6, 6.07) is 6.17. The van der Waals surface area contributed by atoms with Gasteiger partial charge in [0.25, 0.3) is 0 Å². The molecule has 0 atom stereocenters. The Bertz CT molecular complexity index is 367. The molecule has 2 nitrogen and oxygen atoms in total. The van der Waals surface area contributed by atoms with E-state index >= 15 is 0 Å². The van der Waals surface area contributed by atoms with Crippen molar-refractivity contribution in [3.05, 3.63) is 23.8 Å². The lowest BCUT2D eigenvalue weighted by Gasteiger charge is -2.22. The fraction of sp³-hybridized carbons (Fsp3) is 0.625. The molecular formula is C16H24O2. The summed E-state index contributed by atoms with van der Waals surface area (Å²) < 4.78 is 10.8. The molecule has 100 valence electrons. The van der Waals surface area contributed by atoms with Crippen LogP contribution in [0.2, 0.25) is 0 Å². The Morgan fingerprint density at radius 2 is 1.83 bits per heavy atom. The van der Waals surface area contributed by atoms with Crippen molar-refractivity contribution in [2.75, 3.05) is 14.2 Å². The molecule has 0 spiro atoms. The molecule has 1 aromatic rings. The van der Waals surface area contributed by atoms with Crippen LogP contribution in [0.3, 0.4) is 0 Å².